The summed E-state index contributed by atoms with van der Waals surface area (Å²) < 4.78 is 12.1. The lowest BCUT2D eigenvalue weighted by atomic mass is 9.82. The molecule has 9 heteroatoms. The Kier molecular flexibility index (Phi) is 10.5. The second-order valence-corrected chi connectivity index (χ2v) is 9.71. The normalized spacial score (nSPS) is 17.6. The minimum Gasteiger partial charge on any atom is -0.494 e. The van der Waals surface area contributed by atoms with Crippen LogP contribution in [0.3, 0.4) is 0 Å². The molecule has 0 bridgehead atoms. The lowest BCUT2D eigenvalue weighted by Crippen LogP contribution is -2.48. The minimum atomic E-state index is -1.31. The third-order valence-electron chi connectivity index (χ3n) is 6.90. The van der Waals surface area contributed by atoms with Crippen molar-refractivity contribution >= 4 is 11.8 Å². The number of aliphatic hydroxyl groups excluding tert-OH is 1. The fraction of sp³-hybridized carbons (Fsp3) is 0.312. The maximum Gasteiger partial charge on any atom is 0.252 e. The van der Waals surface area contributed by atoms with Crippen molar-refractivity contribution in [2.45, 2.75) is 43.9 Å². The van der Waals surface area contributed by atoms with Gasteiger partial charge in [0.25, 0.3) is 5.91 Å². The standard InChI is InChI=1S/C32H35N5O4/c1-2-19-32(31(39)34-20-8-12-24-10-4-3-5-11-24)29(28-14-7-6-13-26(28)23-35-37-33)41-30(36-32)25-15-17-27(18-16-25)40-22-9-21-38/h2-7,10-11,13-18,29,38H,1,8-9,12,19-23H2,(H,34,39)/t29-,32-/m1/s1. The van der Waals surface area contributed by atoms with Crippen LogP contribution in [0, 0.1) is 0 Å². The molecule has 1 amide bonds. The molecule has 41 heavy (non-hydrogen) atoms. The first kappa shape index (κ1) is 29.4. The van der Waals surface area contributed by atoms with Gasteiger partial charge < -0.3 is 19.9 Å². The predicted octanol–water partition coefficient (Wildman–Crippen LogP) is 5.84. The van der Waals surface area contributed by atoms with E-state index in [4.69, 9.17) is 25.1 Å². The van der Waals surface area contributed by atoms with Crippen LogP contribution >= 0.6 is 0 Å². The Labute approximate surface area is 240 Å². The first-order valence-electron chi connectivity index (χ1n) is 13.7. The van der Waals surface area contributed by atoms with Gasteiger partial charge in [-0.15, -0.1) is 6.58 Å². The van der Waals surface area contributed by atoms with E-state index in [1.54, 1.807) is 18.2 Å². The van der Waals surface area contributed by atoms with E-state index in [0.717, 1.165) is 24.0 Å². The van der Waals surface area contributed by atoms with Crippen LogP contribution in [0.1, 0.15) is 47.6 Å². The zero-order chi connectivity index (χ0) is 28.9. The van der Waals surface area contributed by atoms with E-state index in [0.29, 0.717) is 36.8 Å². The third kappa shape index (κ3) is 7.33. The molecule has 2 N–H and O–H groups in total. The highest BCUT2D eigenvalue weighted by Gasteiger charge is 2.52. The zero-order valence-corrected chi connectivity index (χ0v) is 23.0. The number of nitrogens with one attached hydrogen (secondary N) is 1. The summed E-state index contributed by atoms with van der Waals surface area (Å²) in [5.74, 6) is 0.732. The summed E-state index contributed by atoms with van der Waals surface area (Å²) in [6.07, 6.45) is 3.30. The number of aliphatic hydroxyl groups is 1. The monoisotopic (exact) mass is 553 g/mol. The van der Waals surface area contributed by atoms with Crippen molar-refractivity contribution in [3.8, 4) is 5.75 Å². The summed E-state index contributed by atoms with van der Waals surface area (Å²) in [6, 6.07) is 24.9. The number of rotatable bonds is 15. The van der Waals surface area contributed by atoms with Gasteiger partial charge in [0.2, 0.25) is 5.90 Å². The zero-order valence-electron chi connectivity index (χ0n) is 23.0. The number of nitrogens with zero attached hydrogens (tertiary/aromatic N) is 4. The summed E-state index contributed by atoms with van der Waals surface area (Å²) in [5.41, 5.74) is 11.0. The SMILES string of the molecule is C=CC[C@@]1(C(=O)NCCCc2ccccc2)N=C(c2ccc(OCCCO)cc2)O[C@@H]1c1ccccc1CN=[N+]=[N-]. The average molecular weight is 554 g/mol. The van der Waals surface area contributed by atoms with Gasteiger partial charge in [0.1, 0.15) is 5.75 Å². The summed E-state index contributed by atoms with van der Waals surface area (Å²) in [7, 11) is 0. The largest absolute Gasteiger partial charge is 0.494 e. The van der Waals surface area contributed by atoms with E-state index in [9.17, 15) is 4.79 Å². The van der Waals surface area contributed by atoms with Crippen molar-refractivity contribution in [1.82, 2.24) is 5.32 Å². The Morgan fingerprint density at radius 2 is 1.88 bits per heavy atom. The van der Waals surface area contributed by atoms with Crippen LogP contribution in [0.4, 0.5) is 0 Å². The van der Waals surface area contributed by atoms with Crippen molar-refractivity contribution in [1.29, 1.82) is 0 Å². The maximum absolute atomic E-state index is 14.0. The molecule has 2 atom stereocenters. The first-order valence-corrected chi connectivity index (χ1v) is 13.7. The third-order valence-corrected chi connectivity index (χ3v) is 6.90. The van der Waals surface area contributed by atoms with E-state index < -0.39 is 11.6 Å². The van der Waals surface area contributed by atoms with Crippen LogP contribution in [0.5, 0.6) is 5.75 Å². The molecule has 0 fully saturated rings. The number of azide groups is 1. The van der Waals surface area contributed by atoms with Gasteiger partial charge in [-0.25, -0.2) is 4.99 Å². The fourth-order valence-corrected chi connectivity index (χ4v) is 4.85. The molecule has 1 aliphatic rings. The molecule has 212 valence electrons. The summed E-state index contributed by atoms with van der Waals surface area (Å²) in [5, 5.41) is 15.9. The smallest absolute Gasteiger partial charge is 0.252 e. The molecule has 3 aromatic carbocycles. The second kappa shape index (κ2) is 14.7. The maximum atomic E-state index is 14.0. The molecular formula is C32H35N5O4. The Balaban J connectivity index is 1.64. The number of hydrogen-bond donors (Lipinski definition) is 2. The van der Waals surface area contributed by atoms with Crippen LogP contribution in [-0.4, -0.2) is 42.2 Å². The molecule has 1 aliphatic heterocycles. The van der Waals surface area contributed by atoms with Crippen LogP contribution in [0.2, 0.25) is 0 Å². The van der Waals surface area contributed by atoms with Crippen LogP contribution in [-0.2, 0) is 22.5 Å². The topological polar surface area (TPSA) is 129 Å². The molecule has 1 heterocycles. The van der Waals surface area contributed by atoms with E-state index >= 15 is 0 Å². The molecule has 0 saturated carbocycles. The summed E-state index contributed by atoms with van der Waals surface area (Å²) in [6.45, 7) is 4.99. The number of ether oxygens (including phenoxy) is 2. The van der Waals surface area contributed by atoms with Gasteiger partial charge in [-0.1, -0.05) is 65.8 Å². The molecule has 0 saturated heterocycles. The van der Waals surface area contributed by atoms with E-state index in [1.807, 2.05) is 54.6 Å². The van der Waals surface area contributed by atoms with Gasteiger partial charge in [0.05, 0.1) is 13.2 Å². The number of aliphatic imine (C=N–C) groups is 1. The summed E-state index contributed by atoms with van der Waals surface area (Å²) in [4.78, 5) is 21.8. The van der Waals surface area contributed by atoms with Crippen molar-refractivity contribution < 1.29 is 19.4 Å². The van der Waals surface area contributed by atoms with Gasteiger partial charge >= 0.3 is 0 Å². The molecule has 4 rings (SSSR count). The molecular weight excluding hydrogens is 518 g/mol. The predicted molar refractivity (Wildman–Crippen MR) is 159 cm³/mol. The molecule has 3 aromatic rings. The number of amides is 1. The lowest BCUT2D eigenvalue weighted by molar-refractivity contribution is -0.128. The number of carbonyl (C=O) groups is 1. The Morgan fingerprint density at radius 3 is 2.61 bits per heavy atom. The molecule has 0 unspecified atom stereocenters. The quantitative estimate of drug-likeness (QED) is 0.0805. The molecule has 9 nitrogen and oxygen atoms in total. The van der Waals surface area contributed by atoms with Crippen LogP contribution in [0.25, 0.3) is 10.4 Å². The van der Waals surface area contributed by atoms with Crippen LogP contribution < -0.4 is 10.1 Å². The van der Waals surface area contributed by atoms with Crippen molar-refractivity contribution in [3.05, 3.63) is 124 Å². The van der Waals surface area contributed by atoms with Crippen molar-refractivity contribution in [2.24, 2.45) is 10.1 Å². The first-order chi connectivity index (χ1) is 20.1. The van der Waals surface area contributed by atoms with E-state index in [1.165, 1.54) is 5.56 Å². The highest BCUT2D eigenvalue weighted by molar-refractivity contribution is 6.01. The Hall–Kier alpha value is -4.59. The minimum absolute atomic E-state index is 0.0605. The van der Waals surface area contributed by atoms with Gasteiger partial charge in [0, 0.05) is 36.5 Å². The van der Waals surface area contributed by atoms with Gasteiger partial charge in [0.15, 0.2) is 11.6 Å². The van der Waals surface area contributed by atoms with Crippen molar-refractivity contribution in [2.75, 3.05) is 19.8 Å². The second-order valence-electron chi connectivity index (χ2n) is 9.71. The summed E-state index contributed by atoms with van der Waals surface area (Å²) >= 11 is 0. The Bertz CT molecular complexity index is 1390. The highest BCUT2D eigenvalue weighted by Crippen LogP contribution is 2.44. The number of hydrogen-bond acceptors (Lipinski definition) is 6. The molecule has 0 radical (unpaired) electrons. The Morgan fingerprint density at radius 1 is 1.12 bits per heavy atom. The molecule has 0 aromatic heterocycles. The van der Waals surface area contributed by atoms with Gasteiger partial charge in [-0.3, -0.25) is 4.79 Å². The average Bonchev–Trinajstić information content (AvgIpc) is 3.40. The highest BCUT2D eigenvalue weighted by atomic mass is 16.5. The number of aryl methyl sites for hydroxylation is 1. The van der Waals surface area contributed by atoms with Gasteiger partial charge in [-0.05, 0) is 59.3 Å². The molecule has 0 aliphatic carbocycles. The van der Waals surface area contributed by atoms with Crippen molar-refractivity contribution in [3.63, 3.8) is 0 Å². The lowest BCUT2D eigenvalue weighted by Gasteiger charge is -2.30. The van der Waals surface area contributed by atoms with E-state index in [2.05, 4.69) is 34.1 Å². The molecule has 0 spiro atoms. The number of benzene rings is 3. The van der Waals surface area contributed by atoms with Gasteiger partial charge in [-0.2, -0.15) is 0 Å². The van der Waals surface area contributed by atoms with Crippen LogP contribution in [0.15, 0.2) is 102 Å². The number of carbonyl (C=O) groups excluding carboxylic acids is 1. The fourth-order valence-electron chi connectivity index (χ4n) is 4.85. The van der Waals surface area contributed by atoms with E-state index in [-0.39, 0.29) is 25.5 Å².